The van der Waals surface area contributed by atoms with Crippen LogP contribution in [0.2, 0.25) is 0 Å². The highest BCUT2D eigenvalue weighted by Gasteiger charge is 2.02. The van der Waals surface area contributed by atoms with Gasteiger partial charge in [0, 0.05) is 0 Å². The number of benzene rings is 2. The molecule has 2 aromatic rings. The van der Waals surface area contributed by atoms with Crippen LogP contribution in [0.5, 0.6) is 5.75 Å². The fraction of sp³-hybridized carbons (Fsp3) is 0. The average molecular weight is 214 g/mol. The van der Waals surface area contributed by atoms with E-state index in [-0.39, 0.29) is 5.75 Å². The molecule has 0 amide bonds. The number of hydrogen-bond donors (Lipinski definition) is 1. The molecule has 0 aliphatic heterocycles. The van der Waals surface area contributed by atoms with Gasteiger partial charge in [-0.2, -0.15) is 0 Å². The summed E-state index contributed by atoms with van der Waals surface area (Å²) in [5.74, 6) is 0.259. The molecule has 0 saturated heterocycles. The van der Waals surface area contributed by atoms with Crippen molar-refractivity contribution in [1.29, 1.82) is 0 Å². The molecule has 2 aromatic carbocycles. The zero-order valence-corrected chi connectivity index (χ0v) is 8.87. The van der Waals surface area contributed by atoms with Gasteiger partial charge in [-0.15, -0.1) is 0 Å². The van der Waals surface area contributed by atoms with Gasteiger partial charge in [0.1, 0.15) is 5.75 Å². The Morgan fingerprint density at radius 2 is 1.33 bits per heavy atom. The lowest BCUT2D eigenvalue weighted by atomic mass is 10.0. The van der Waals surface area contributed by atoms with Crippen LogP contribution in [0.3, 0.4) is 0 Å². The van der Waals surface area contributed by atoms with Gasteiger partial charge in [-0.1, -0.05) is 42.5 Å². The van der Waals surface area contributed by atoms with Gasteiger partial charge >= 0.3 is 0 Å². The molecule has 0 atom stereocenters. The van der Waals surface area contributed by atoms with Gasteiger partial charge in [0.25, 0.3) is 0 Å². The topological polar surface area (TPSA) is 20.2 Å². The van der Waals surface area contributed by atoms with Gasteiger partial charge in [-0.25, -0.2) is 0 Å². The van der Waals surface area contributed by atoms with E-state index in [2.05, 4.69) is 0 Å². The first kappa shape index (κ1) is 9.87. The second-order valence-corrected chi connectivity index (χ2v) is 3.65. The van der Waals surface area contributed by atoms with E-state index in [0.29, 0.717) is 0 Å². The van der Waals surface area contributed by atoms with Gasteiger partial charge in [0.05, 0.1) is 4.86 Å². The Labute approximate surface area is 94.0 Å². The smallest absolute Gasteiger partial charge is 0.115 e. The highest BCUT2D eigenvalue weighted by Crippen LogP contribution is 2.14. The van der Waals surface area contributed by atoms with Gasteiger partial charge in [0.2, 0.25) is 0 Å². The van der Waals surface area contributed by atoms with Gasteiger partial charge in [-0.3, -0.25) is 0 Å². The zero-order valence-electron chi connectivity index (χ0n) is 8.05. The van der Waals surface area contributed by atoms with Crippen molar-refractivity contribution in [3.63, 3.8) is 0 Å². The predicted molar refractivity (Wildman–Crippen MR) is 65.4 cm³/mol. The summed E-state index contributed by atoms with van der Waals surface area (Å²) in [6, 6.07) is 16.8. The molecular weight excluding hydrogens is 204 g/mol. The molecule has 74 valence electrons. The molecule has 0 bridgehead atoms. The fourth-order valence-corrected chi connectivity index (χ4v) is 1.64. The van der Waals surface area contributed by atoms with E-state index in [0.717, 1.165) is 16.0 Å². The standard InChI is InChI=1S/C13H10OS/c14-12-8-6-11(7-9-12)13(15)10-4-2-1-3-5-10/h1-9,14H. The Kier molecular flexibility index (Phi) is 2.79. The minimum atomic E-state index is 0.259. The molecule has 0 aliphatic carbocycles. The highest BCUT2D eigenvalue weighted by atomic mass is 32.1. The quantitative estimate of drug-likeness (QED) is 0.612. The SMILES string of the molecule is Oc1ccc(C(=S)c2ccccc2)cc1. The molecule has 0 heterocycles. The Morgan fingerprint density at radius 1 is 0.800 bits per heavy atom. The highest BCUT2D eigenvalue weighted by molar-refractivity contribution is 7.81. The van der Waals surface area contributed by atoms with Crippen LogP contribution < -0.4 is 0 Å². The van der Waals surface area contributed by atoms with E-state index < -0.39 is 0 Å². The van der Waals surface area contributed by atoms with Crippen LogP contribution in [-0.4, -0.2) is 9.97 Å². The first-order valence-corrected chi connectivity index (χ1v) is 5.07. The first-order chi connectivity index (χ1) is 7.27. The van der Waals surface area contributed by atoms with E-state index in [4.69, 9.17) is 17.3 Å². The van der Waals surface area contributed by atoms with E-state index >= 15 is 0 Å². The van der Waals surface area contributed by atoms with Crippen molar-refractivity contribution < 1.29 is 5.11 Å². The van der Waals surface area contributed by atoms with E-state index in [1.165, 1.54) is 0 Å². The van der Waals surface area contributed by atoms with E-state index in [1.807, 2.05) is 42.5 Å². The molecule has 0 spiro atoms. The minimum Gasteiger partial charge on any atom is -0.508 e. The largest absolute Gasteiger partial charge is 0.508 e. The van der Waals surface area contributed by atoms with Crippen LogP contribution in [0.4, 0.5) is 0 Å². The van der Waals surface area contributed by atoms with Gasteiger partial charge < -0.3 is 5.11 Å². The molecule has 0 aromatic heterocycles. The third-order valence-corrected chi connectivity index (χ3v) is 2.64. The molecule has 0 radical (unpaired) electrons. The number of phenolic OH excluding ortho intramolecular Hbond substituents is 1. The second kappa shape index (κ2) is 4.24. The summed E-state index contributed by atoms with van der Waals surface area (Å²) in [6.45, 7) is 0. The van der Waals surface area contributed by atoms with Crippen LogP contribution in [0.1, 0.15) is 11.1 Å². The molecule has 1 N–H and O–H groups in total. The van der Waals surface area contributed by atoms with Crippen molar-refractivity contribution in [3.05, 3.63) is 65.7 Å². The Morgan fingerprint density at radius 3 is 1.93 bits per heavy atom. The summed E-state index contributed by atoms with van der Waals surface area (Å²) in [7, 11) is 0. The third kappa shape index (κ3) is 2.22. The number of phenols is 1. The molecule has 15 heavy (non-hydrogen) atoms. The number of rotatable bonds is 2. The summed E-state index contributed by atoms with van der Waals surface area (Å²) < 4.78 is 0. The molecule has 0 unspecified atom stereocenters. The third-order valence-electron chi connectivity index (χ3n) is 2.17. The average Bonchev–Trinajstić information content (AvgIpc) is 2.30. The summed E-state index contributed by atoms with van der Waals surface area (Å²) in [5.41, 5.74) is 1.98. The van der Waals surface area contributed by atoms with Crippen LogP contribution in [0, 0.1) is 0 Å². The summed E-state index contributed by atoms with van der Waals surface area (Å²) in [5, 5.41) is 9.17. The van der Waals surface area contributed by atoms with Crippen molar-refractivity contribution in [2.75, 3.05) is 0 Å². The molecule has 2 rings (SSSR count). The maximum Gasteiger partial charge on any atom is 0.115 e. The maximum atomic E-state index is 9.17. The normalized spacial score (nSPS) is 9.87. The van der Waals surface area contributed by atoms with Crippen LogP contribution >= 0.6 is 12.2 Å². The van der Waals surface area contributed by atoms with Crippen LogP contribution in [-0.2, 0) is 0 Å². The maximum absolute atomic E-state index is 9.17. The van der Waals surface area contributed by atoms with Crippen LogP contribution in [0.15, 0.2) is 54.6 Å². The second-order valence-electron chi connectivity index (χ2n) is 3.24. The molecule has 2 heteroatoms. The first-order valence-electron chi connectivity index (χ1n) is 4.66. The van der Waals surface area contributed by atoms with Gasteiger partial charge in [0.15, 0.2) is 0 Å². The van der Waals surface area contributed by atoms with Crippen molar-refractivity contribution in [2.24, 2.45) is 0 Å². The lowest BCUT2D eigenvalue weighted by Gasteiger charge is -2.03. The summed E-state index contributed by atoms with van der Waals surface area (Å²) in [6.07, 6.45) is 0. The van der Waals surface area contributed by atoms with Crippen molar-refractivity contribution in [3.8, 4) is 5.75 Å². The number of thiocarbonyl (C=S) groups is 1. The van der Waals surface area contributed by atoms with Gasteiger partial charge in [-0.05, 0) is 35.4 Å². The molecule has 0 saturated carbocycles. The van der Waals surface area contributed by atoms with Crippen molar-refractivity contribution in [1.82, 2.24) is 0 Å². The van der Waals surface area contributed by atoms with E-state index in [1.54, 1.807) is 12.1 Å². The monoisotopic (exact) mass is 214 g/mol. The Balaban J connectivity index is 2.33. The number of hydrogen-bond acceptors (Lipinski definition) is 2. The molecular formula is C13H10OS. The van der Waals surface area contributed by atoms with Crippen molar-refractivity contribution in [2.45, 2.75) is 0 Å². The zero-order chi connectivity index (χ0) is 10.7. The van der Waals surface area contributed by atoms with Crippen molar-refractivity contribution >= 4 is 17.1 Å². The minimum absolute atomic E-state index is 0.259. The lowest BCUT2D eigenvalue weighted by Crippen LogP contribution is -1.98. The Hall–Kier alpha value is -1.67. The lowest BCUT2D eigenvalue weighted by molar-refractivity contribution is 0.475. The molecule has 0 aliphatic rings. The fourth-order valence-electron chi connectivity index (χ4n) is 1.37. The molecule has 0 fully saturated rings. The Bertz CT molecular complexity index is 460. The number of aromatic hydroxyl groups is 1. The predicted octanol–water partition coefficient (Wildman–Crippen LogP) is 3.16. The van der Waals surface area contributed by atoms with Crippen LogP contribution in [0.25, 0.3) is 0 Å². The molecule has 1 nitrogen and oxygen atoms in total. The summed E-state index contributed by atoms with van der Waals surface area (Å²) in [4.78, 5) is 0.801. The van der Waals surface area contributed by atoms with E-state index in [9.17, 15) is 0 Å². The summed E-state index contributed by atoms with van der Waals surface area (Å²) >= 11 is 5.35.